The molecule has 0 bridgehead atoms. The van der Waals surface area contributed by atoms with Crippen molar-refractivity contribution < 1.29 is 54.2 Å². The normalized spacial score (nSPS) is 30.0. The minimum Gasteiger partial charge on any atom is -0.510 e. The summed E-state index contributed by atoms with van der Waals surface area (Å²) in [5, 5.41) is 53.8. The Morgan fingerprint density at radius 1 is 1.10 bits per heavy atom. The summed E-state index contributed by atoms with van der Waals surface area (Å²) in [7, 11) is 2.86. The van der Waals surface area contributed by atoms with Gasteiger partial charge in [-0.2, -0.15) is 0 Å². The Bertz CT molecular complexity index is 1380. The summed E-state index contributed by atoms with van der Waals surface area (Å²) in [5.41, 5.74) is 0.884. The zero-order chi connectivity index (χ0) is 29.1. The molecule has 1 amide bonds. The highest BCUT2D eigenvalue weighted by Gasteiger charge is 2.68. The fourth-order valence-electron chi connectivity index (χ4n) is 6.11. The van der Waals surface area contributed by atoms with Crippen LogP contribution in [0.2, 0.25) is 0 Å². The van der Waals surface area contributed by atoms with Crippen molar-refractivity contribution in [3.8, 4) is 5.75 Å². The van der Waals surface area contributed by atoms with E-state index in [-0.39, 0.29) is 5.56 Å². The van der Waals surface area contributed by atoms with Gasteiger partial charge in [0.25, 0.3) is 5.91 Å². The third-order valence-corrected chi connectivity index (χ3v) is 7.78. The Balaban J connectivity index is 2.04. The molecule has 3 aliphatic rings. The van der Waals surface area contributed by atoms with E-state index in [1.165, 1.54) is 31.1 Å². The zero-order valence-electron chi connectivity index (χ0n) is 21.2. The van der Waals surface area contributed by atoms with Gasteiger partial charge in [0.2, 0.25) is 5.78 Å². The summed E-state index contributed by atoms with van der Waals surface area (Å²) >= 11 is 0. The number of likely N-dealkylation sites (N-methyl/N-ethyl adjacent to an activating group) is 1. The molecule has 0 radical (unpaired) electrons. The molecular formula is C26H28N2O11. The van der Waals surface area contributed by atoms with Crippen LogP contribution in [0.15, 0.2) is 40.9 Å². The number of fused-ring (bicyclic) bond motifs is 3. The zero-order valence-corrected chi connectivity index (χ0v) is 21.2. The number of rotatable bonds is 6. The van der Waals surface area contributed by atoms with E-state index in [0.717, 1.165) is 0 Å². The Hall–Kier alpha value is -4.23. The first kappa shape index (κ1) is 27.8. The van der Waals surface area contributed by atoms with Crippen LogP contribution in [-0.4, -0.2) is 91.7 Å². The lowest BCUT2D eigenvalue weighted by atomic mass is 9.55. The second-order valence-electron chi connectivity index (χ2n) is 10.1. The minimum atomic E-state index is -3.06. The predicted molar refractivity (Wildman–Crippen MR) is 131 cm³/mol. The molecule has 39 heavy (non-hydrogen) atoms. The number of aliphatic hydroxyl groups excluding tert-OH is 2. The number of carbonyl (C=O) groups excluding carboxylic acids is 4. The molecule has 1 aromatic rings. The molecule has 0 saturated heterocycles. The first-order chi connectivity index (χ1) is 18.2. The van der Waals surface area contributed by atoms with E-state index in [2.05, 4.69) is 0 Å². The molecule has 0 spiro atoms. The van der Waals surface area contributed by atoms with E-state index >= 15 is 0 Å². The van der Waals surface area contributed by atoms with Crippen molar-refractivity contribution in [3.05, 3.63) is 52.0 Å². The highest BCUT2D eigenvalue weighted by atomic mass is 16.5. The number of Topliss-reactive ketones (excluding diaryl/α,β-unsaturated/α-hetero) is 2. The number of phenols is 1. The number of phenolic OH excluding ortho intramolecular Hbond substituents is 1. The molecule has 0 aliphatic heterocycles. The van der Waals surface area contributed by atoms with Gasteiger partial charge >= 0.3 is 11.9 Å². The summed E-state index contributed by atoms with van der Waals surface area (Å²) in [4.78, 5) is 64.7. The maximum absolute atomic E-state index is 13.7. The number of primary amides is 1. The van der Waals surface area contributed by atoms with E-state index in [4.69, 9.17) is 15.6 Å². The Morgan fingerprint density at radius 2 is 1.74 bits per heavy atom. The van der Waals surface area contributed by atoms with Gasteiger partial charge in [-0.25, -0.2) is 0 Å². The third-order valence-electron chi connectivity index (χ3n) is 7.78. The van der Waals surface area contributed by atoms with Crippen molar-refractivity contribution in [1.82, 2.24) is 4.90 Å². The first-order valence-electron chi connectivity index (χ1n) is 12.0. The molecule has 208 valence electrons. The van der Waals surface area contributed by atoms with Crippen LogP contribution in [0.25, 0.3) is 0 Å². The highest BCUT2D eigenvalue weighted by Crippen LogP contribution is 2.56. The minimum absolute atomic E-state index is 0.193. The number of ketones is 2. The lowest BCUT2D eigenvalue weighted by molar-refractivity contribution is -0.181. The molecule has 0 fully saturated rings. The number of hydrogen-bond acceptors (Lipinski definition) is 11. The fourth-order valence-corrected chi connectivity index (χ4v) is 6.11. The number of carboxylic acid groups (broad SMARTS) is 1. The molecule has 0 saturated carbocycles. The van der Waals surface area contributed by atoms with Gasteiger partial charge < -0.3 is 36.0 Å². The van der Waals surface area contributed by atoms with E-state index < -0.39 is 106 Å². The largest absolute Gasteiger partial charge is 0.510 e. The maximum Gasteiger partial charge on any atom is 0.306 e. The van der Waals surface area contributed by atoms with Crippen molar-refractivity contribution in [2.45, 2.75) is 43.4 Å². The van der Waals surface area contributed by atoms with Crippen LogP contribution < -0.4 is 5.73 Å². The quantitative estimate of drug-likeness (QED) is 0.207. The number of aromatic hydroxyl groups is 1. The molecule has 0 aromatic heterocycles. The van der Waals surface area contributed by atoms with Gasteiger partial charge in [0.05, 0.1) is 30.4 Å². The molecule has 4 rings (SSSR count). The van der Waals surface area contributed by atoms with Crippen LogP contribution in [0.1, 0.15) is 41.6 Å². The lowest BCUT2D eigenvalue weighted by Crippen LogP contribution is -2.69. The molecule has 7 N–H and O–H groups in total. The van der Waals surface area contributed by atoms with Gasteiger partial charge in [-0.05, 0) is 31.6 Å². The molecule has 0 heterocycles. The Morgan fingerprint density at radius 3 is 2.31 bits per heavy atom. The second kappa shape index (κ2) is 9.50. The van der Waals surface area contributed by atoms with E-state index in [9.17, 15) is 44.4 Å². The van der Waals surface area contributed by atoms with Gasteiger partial charge in [-0.3, -0.25) is 28.9 Å². The molecule has 6 atom stereocenters. The average molecular weight is 545 g/mol. The fraction of sp³-hybridized carbons (Fsp3) is 0.423. The van der Waals surface area contributed by atoms with Crippen LogP contribution >= 0.6 is 0 Å². The smallest absolute Gasteiger partial charge is 0.306 e. The Kier molecular flexibility index (Phi) is 6.77. The van der Waals surface area contributed by atoms with Crippen LogP contribution in [0.3, 0.4) is 0 Å². The van der Waals surface area contributed by atoms with Crippen LogP contribution in [0.4, 0.5) is 0 Å². The maximum atomic E-state index is 13.7. The summed E-state index contributed by atoms with van der Waals surface area (Å²) in [6.45, 7) is 1.62. The average Bonchev–Trinajstić information content (AvgIpc) is 2.84. The summed E-state index contributed by atoms with van der Waals surface area (Å²) in [6, 6.07) is 2.85. The number of carbonyl (C=O) groups is 5. The highest BCUT2D eigenvalue weighted by molar-refractivity contribution is 6.25. The number of aliphatic carboxylic acids is 1. The number of hydrogen-bond donors (Lipinski definition) is 6. The molecule has 0 unspecified atom stereocenters. The van der Waals surface area contributed by atoms with Crippen LogP contribution in [0.5, 0.6) is 5.75 Å². The van der Waals surface area contributed by atoms with Crippen molar-refractivity contribution >= 4 is 29.4 Å². The number of carboxylic acids is 1. The lowest BCUT2D eigenvalue weighted by Gasteiger charge is -2.54. The Labute approximate surface area is 221 Å². The molecule has 1 aromatic carbocycles. The summed E-state index contributed by atoms with van der Waals surface area (Å²) in [6.07, 6.45) is -2.79. The second-order valence-corrected chi connectivity index (χ2v) is 10.1. The number of nitrogens with two attached hydrogens (primary N) is 1. The first-order valence-corrected chi connectivity index (χ1v) is 12.0. The number of ether oxygens (including phenoxy) is 1. The van der Waals surface area contributed by atoms with Gasteiger partial charge in [-0.15, -0.1) is 0 Å². The molecule has 13 heteroatoms. The van der Waals surface area contributed by atoms with Crippen molar-refractivity contribution in [2.75, 3.05) is 14.1 Å². The SMILES string of the molecule is C[C@@H]1c2cccc(O)c2C(=O)C2=C(O)[C@]3(O)C(=O)C(C(N)=O)=C(O)[C@H](N(C)C)[C@H]3[C@H](OC(=O)CCC(=O)O)[C@H]21. The predicted octanol–water partition coefficient (Wildman–Crippen LogP) is 0.0681. The summed E-state index contributed by atoms with van der Waals surface area (Å²) in [5.74, 6) is -12.2. The monoisotopic (exact) mass is 544 g/mol. The number of esters is 1. The van der Waals surface area contributed by atoms with Crippen molar-refractivity contribution in [1.29, 1.82) is 0 Å². The summed E-state index contributed by atoms with van der Waals surface area (Å²) < 4.78 is 5.68. The van der Waals surface area contributed by atoms with Gasteiger partial charge in [-0.1, -0.05) is 19.1 Å². The van der Waals surface area contributed by atoms with Crippen LogP contribution in [-0.2, 0) is 23.9 Å². The van der Waals surface area contributed by atoms with E-state index in [1.807, 2.05) is 0 Å². The van der Waals surface area contributed by atoms with Gasteiger partial charge in [0.1, 0.15) is 28.9 Å². The van der Waals surface area contributed by atoms with Crippen molar-refractivity contribution in [2.24, 2.45) is 17.6 Å². The molecule has 3 aliphatic carbocycles. The number of benzene rings is 1. The molecule has 13 nitrogen and oxygen atoms in total. The number of nitrogens with zero attached hydrogens (tertiary/aromatic N) is 1. The van der Waals surface area contributed by atoms with Crippen molar-refractivity contribution in [3.63, 3.8) is 0 Å². The standard InChI is InChI=1S/C26H28N2O11/c1-9-10-5-4-6-11(29)15(10)20(33)16-14(9)22(39-13(32)8-7-12(30)31)18-19(28(2)3)21(34)17(25(27)37)24(36)26(18,38)23(16)35/h4-6,9,14,18-19,22,29,34-35,38H,7-8H2,1-3H3,(H2,27,37)(H,30,31)/t9-,14+,18+,19-,22-,26+/m1/s1. The van der Waals surface area contributed by atoms with Gasteiger partial charge in [0.15, 0.2) is 11.4 Å². The van der Waals surface area contributed by atoms with Gasteiger partial charge in [0, 0.05) is 11.5 Å². The van der Waals surface area contributed by atoms with E-state index in [1.54, 1.807) is 13.0 Å². The van der Waals surface area contributed by atoms with Crippen LogP contribution in [0, 0.1) is 11.8 Å². The van der Waals surface area contributed by atoms with E-state index in [0.29, 0.717) is 5.56 Å². The molecular weight excluding hydrogens is 516 g/mol. The third kappa shape index (κ3) is 3.96. The number of amides is 1. The topological polar surface area (TPSA) is 225 Å². The number of aliphatic hydroxyl groups is 3.